The van der Waals surface area contributed by atoms with Gasteiger partial charge in [-0.25, -0.2) is 4.98 Å². The number of amides is 1. The van der Waals surface area contributed by atoms with Crippen LogP contribution in [-0.2, 0) is 11.3 Å². The van der Waals surface area contributed by atoms with Crippen molar-refractivity contribution in [1.82, 2.24) is 19.7 Å². The first kappa shape index (κ1) is 22.2. The number of anilines is 1. The second kappa shape index (κ2) is 8.98. The molecular weight excluding hydrogens is 442 g/mol. The van der Waals surface area contributed by atoms with Gasteiger partial charge in [-0.1, -0.05) is 47.6 Å². The van der Waals surface area contributed by atoms with Crippen LogP contribution in [0.5, 0.6) is 0 Å². The number of nitrogens with zero attached hydrogens (tertiary/aromatic N) is 4. The number of rotatable bonds is 5. The van der Waals surface area contributed by atoms with Crippen molar-refractivity contribution in [2.24, 2.45) is 0 Å². The van der Waals surface area contributed by atoms with Crippen LogP contribution < -0.4 is 10.7 Å². The summed E-state index contributed by atoms with van der Waals surface area (Å²) in [5.74, 6) is 0.233. The second-order valence-electron chi connectivity index (χ2n) is 8.42. The smallest absolute Gasteiger partial charge is 0.263 e. The van der Waals surface area contributed by atoms with Crippen LogP contribution in [0.4, 0.5) is 5.69 Å². The topological polar surface area (TPSA) is 103 Å². The fraction of sp³-hybridized carbons (Fsp3) is 0.148. The minimum absolute atomic E-state index is 0.0483. The van der Waals surface area contributed by atoms with Crippen molar-refractivity contribution < 1.29 is 9.32 Å². The van der Waals surface area contributed by atoms with Gasteiger partial charge in [0.05, 0.1) is 5.39 Å². The van der Waals surface area contributed by atoms with Crippen molar-refractivity contribution in [3.05, 3.63) is 93.9 Å². The Balaban J connectivity index is 1.57. The minimum Gasteiger partial charge on any atom is -0.333 e. The molecule has 1 N–H and O–H groups in total. The molecule has 0 atom stereocenters. The van der Waals surface area contributed by atoms with Crippen molar-refractivity contribution >= 4 is 22.6 Å². The molecule has 0 radical (unpaired) electrons. The SMILES string of the molecule is Cc1ccc2c(=O)c(-c3nc(-c4ccccc4C)no3)cn(CC(=O)Nc3ccccc3C)c2n1. The molecule has 1 amide bonds. The first-order chi connectivity index (χ1) is 16.9. The highest BCUT2D eigenvalue weighted by atomic mass is 16.5. The molecule has 0 bridgehead atoms. The first-order valence-electron chi connectivity index (χ1n) is 11.2. The van der Waals surface area contributed by atoms with Crippen LogP contribution >= 0.6 is 0 Å². The summed E-state index contributed by atoms with van der Waals surface area (Å²) in [5, 5.41) is 7.38. The zero-order valence-corrected chi connectivity index (χ0v) is 19.6. The molecule has 0 saturated heterocycles. The lowest BCUT2D eigenvalue weighted by Gasteiger charge is -2.13. The number of hydrogen-bond acceptors (Lipinski definition) is 6. The summed E-state index contributed by atoms with van der Waals surface area (Å²) in [5.41, 5.74) is 4.56. The normalized spacial score (nSPS) is 11.1. The van der Waals surface area contributed by atoms with Gasteiger partial charge in [0.25, 0.3) is 5.89 Å². The van der Waals surface area contributed by atoms with E-state index in [1.807, 2.05) is 69.3 Å². The molecule has 8 heteroatoms. The van der Waals surface area contributed by atoms with Gasteiger partial charge in [0.15, 0.2) is 0 Å². The van der Waals surface area contributed by atoms with E-state index in [9.17, 15) is 9.59 Å². The number of nitrogens with one attached hydrogen (secondary N) is 1. The number of carbonyl (C=O) groups is 1. The molecule has 0 aliphatic rings. The summed E-state index contributed by atoms with van der Waals surface area (Å²) >= 11 is 0. The third-order valence-electron chi connectivity index (χ3n) is 5.84. The van der Waals surface area contributed by atoms with Gasteiger partial charge in [-0.05, 0) is 50.1 Å². The lowest BCUT2D eigenvalue weighted by Crippen LogP contribution is -2.22. The van der Waals surface area contributed by atoms with Gasteiger partial charge in [0.2, 0.25) is 17.2 Å². The molecule has 0 unspecified atom stereocenters. The molecule has 5 rings (SSSR count). The van der Waals surface area contributed by atoms with E-state index in [4.69, 9.17) is 4.52 Å². The third kappa shape index (κ3) is 4.33. The number of pyridine rings is 2. The largest absolute Gasteiger partial charge is 0.333 e. The molecule has 3 heterocycles. The molecular formula is C27H23N5O3. The molecule has 0 fully saturated rings. The Morgan fingerprint density at radius 2 is 1.66 bits per heavy atom. The molecule has 8 nitrogen and oxygen atoms in total. The Bertz CT molecular complexity index is 1630. The molecule has 0 aliphatic carbocycles. The van der Waals surface area contributed by atoms with Crippen molar-refractivity contribution in [2.45, 2.75) is 27.3 Å². The highest BCUT2D eigenvalue weighted by Crippen LogP contribution is 2.24. The van der Waals surface area contributed by atoms with E-state index in [-0.39, 0.29) is 29.3 Å². The van der Waals surface area contributed by atoms with Crippen molar-refractivity contribution in [3.8, 4) is 22.8 Å². The molecule has 2 aromatic carbocycles. The molecule has 3 aromatic heterocycles. The average Bonchev–Trinajstić information content (AvgIpc) is 3.32. The Hall–Kier alpha value is -4.59. The number of aryl methyl sites for hydroxylation is 3. The van der Waals surface area contributed by atoms with Gasteiger partial charge < -0.3 is 14.4 Å². The van der Waals surface area contributed by atoms with Crippen LogP contribution in [0.1, 0.15) is 16.8 Å². The number of para-hydroxylation sites is 1. The van der Waals surface area contributed by atoms with Crippen molar-refractivity contribution in [3.63, 3.8) is 0 Å². The summed E-state index contributed by atoms with van der Waals surface area (Å²) in [4.78, 5) is 35.3. The average molecular weight is 466 g/mol. The standard InChI is InChI=1S/C27H23N5O3/c1-16-8-4-6-10-19(16)25-30-27(35-31-25)21-14-32(26-20(24(21)34)13-12-18(3)28-26)15-23(33)29-22-11-7-5-9-17(22)2/h4-14H,15H2,1-3H3,(H,29,33). The van der Waals surface area contributed by atoms with Gasteiger partial charge in [-0.15, -0.1) is 0 Å². The maximum Gasteiger partial charge on any atom is 0.263 e. The fourth-order valence-electron chi connectivity index (χ4n) is 3.96. The second-order valence-corrected chi connectivity index (χ2v) is 8.42. The first-order valence-corrected chi connectivity index (χ1v) is 11.2. The summed E-state index contributed by atoms with van der Waals surface area (Å²) in [6.07, 6.45) is 1.56. The zero-order valence-electron chi connectivity index (χ0n) is 19.6. The van der Waals surface area contributed by atoms with E-state index in [1.54, 1.807) is 22.9 Å². The lowest BCUT2D eigenvalue weighted by atomic mass is 10.1. The van der Waals surface area contributed by atoms with Gasteiger partial charge in [-0.2, -0.15) is 4.98 Å². The number of fused-ring (bicyclic) bond motifs is 1. The quantitative estimate of drug-likeness (QED) is 0.404. The zero-order chi connectivity index (χ0) is 24.5. The number of hydrogen-bond donors (Lipinski definition) is 1. The maximum atomic E-state index is 13.3. The van der Waals surface area contributed by atoms with Crippen LogP contribution in [0.15, 0.2) is 76.2 Å². The van der Waals surface area contributed by atoms with Crippen LogP contribution in [0.2, 0.25) is 0 Å². The summed E-state index contributed by atoms with van der Waals surface area (Å²) in [6, 6.07) is 18.7. The number of benzene rings is 2. The molecule has 35 heavy (non-hydrogen) atoms. The highest BCUT2D eigenvalue weighted by Gasteiger charge is 2.19. The van der Waals surface area contributed by atoms with E-state index in [0.717, 1.165) is 28.1 Å². The van der Waals surface area contributed by atoms with Gasteiger partial charge >= 0.3 is 0 Å². The van der Waals surface area contributed by atoms with Crippen LogP contribution in [0, 0.1) is 20.8 Å². The Kier molecular flexibility index (Phi) is 5.70. The van der Waals surface area contributed by atoms with E-state index >= 15 is 0 Å². The lowest BCUT2D eigenvalue weighted by molar-refractivity contribution is -0.116. The van der Waals surface area contributed by atoms with E-state index < -0.39 is 0 Å². The Morgan fingerprint density at radius 1 is 0.914 bits per heavy atom. The summed E-state index contributed by atoms with van der Waals surface area (Å²) in [6.45, 7) is 5.67. The molecule has 0 saturated carbocycles. The molecule has 0 aliphatic heterocycles. The van der Waals surface area contributed by atoms with Crippen molar-refractivity contribution in [1.29, 1.82) is 0 Å². The third-order valence-corrected chi connectivity index (χ3v) is 5.84. The van der Waals surface area contributed by atoms with Crippen LogP contribution in [0.3, 0.4) is 0 Å². The molecule has 174 valence electrons. The maximum absolute atomic E-state index is 13.3. The van der Waals surface area contributed by atoms with Gasteiger partial charge in [0, 0.05) is 23.1 Å². The van der Waals surface area contributed by atoms with Gasteiger partial charge in [-0.3, -0.25) is 9.59 Å². The minimum atomic E-state index is -0.289. The predicted octanol–water partition coefficient (Wildman–Crippen LogP) is 4.68. The molecule has 5 aromatic rings. The number of aromatic nitrogens is 4. The van der Waals surface area contributed by atoms with E-state index in [0.29, 0.717) is 16.9 Å². The highest BCUT2D eigenvalue weighted by molar-refractivity contribution is 5.92. The number of carbonyl (C=O) groups excluding carboxylic acids is 1. The monoisotopic (exact) mass is 465 g/mol. The van der Waals surface area contributed by atoms with E-state index in [1.165, 1.54) is 0 Å². The van der Waals surface area contributed by atoms with Crippen LogP contribution in [0.25, 0.3) is 33.9 Å². The fourth-order valence-corrected chi connectivity index (χ4v) is 3.96. The Labute approximate surface area is 201 Å². The molecule has 0 spiro atoms. The summed E-state index contributed by atoms with van der Waals surface area (Å²) < 4.78 is 7.13. The predicted molar refractivity (Wildman–Crippen MR) is 134 cm³/mol. The van der Waals surface area contributed by atoms with Crippen molar-refractivity contribution in [2.75, 3.05) is 5.32 Å². The van der Waals surface area contributed by atoms with Crippen LogP contribution in [-0.4, -0.2) is 25.6 Å². The van der Waals surface area contributed by atoms with Gasteiger partial charge in [0.1, 0.15) is 17.8 Å². The van der Waals surface area contributed by atoms with E-state index in [2.05, 4.69) is 20.4 Å². The summed E-state index contributed by atoms with van der Waals surface area (Å²) in [7, 11) is 0. The Morgan fingerprint density at radius 3 is 2.43 bits per heavy atom.